The molecular weight excluding hydrogens is 295 g/mol. The third kappa shape index (κ3) is 5.48. The number of nitrogens with one attached hydrogen (secondary N) is 2. The van der Waals surface area contributed by atoms with E-state index in [1.165, 1.54) is 18.9 Å². The Morgan fingerprint density at radius 1 is 1.39 bits per heavy atom. The average Bonchev–Trinajstić information content (AvgIpc) is 3.02. The molecule has 128 valence electrons. The van der Waals surface area contributed by atoms with Crippen LogP contribution < -0.4 is 10.6 Å². The van der Waals surface area contributed by atoms with Crippen LogP contribution in [0.4, 0.5) is 4.39 Å². The van der Waals surface area contributed by atoms with Crippen molar-refractivity contribution in [3.8, 4) is 0 Å². The minimum Gasteiger partial charge on any atom is -0.383 e. The molecule has 0 saturated carbocycles. The second-order valence-electron chi connectivity index (χ2n) is 5.72. The summed E-state index contributed by atoms with van der Waals surface area (Å²) < 4.78 is 18.8. The molecule has 6 heteroatoms. The van der Waals surface area contributed by atoms with Crippen molar-refractivity contribution in [2.24, 2.45) is 4.99 Å². The third-order valence-corrected chi connectivity index (χ3v) is 4.21. The van der Waals surface area contributed by atoms with Crippen LogP contribution in [0.1, 0.15) is 18.4 Å². The maximum atomic E-state index is 13.6. The average molecular weight is 322 g/mol. The Balaban J connectivity index is 1.78. The van der Waals surface area contributed by atoms with E-state index in [-0.39, 0.29) is 5.82 Å². The van der Waals surface area contributed by atoms with E-state index < -0.39 is 0 Å². The molecule has 0 spiro atoms. The van der Waals surface area contributed by atoms with Crippen LogP contribution in [0.2, 0.25) is 0 Å². The second kappa shape index (κ2) is 9.47. The van der Waals surface area contributed by atoms with Crippen LogP contribution in [0.5, 0.6) is 0 Å². The molecule has 2 rings (SSSR count). The summed E-state index contributed by atoms with van der Waals surface area (Å²) in [6.45, 7) is 4.10. The molecule has 1 atom stereocenters. The quantitative estimate of drug-likeness (QED) is 0.591. The zero-order chi connectivity index (χ0) is 16.5. The summed E-state index contributed by atoms with van der Waals surface area (Å²) in [6, 6.07) is 7.28. The fourth-order valence-corrected chi connectivity index (χ4v) is 2.89. The van der Waals surface area contributed by atoms with Crippen LogP contribution in [0.3, 0.4) is 0 Å². The molecule has 1 unspecified atom stereocenters. The van der Waals surface area contributed by atoms with E-state index in [2.05, 4.69) is 20.5 Å². The van der Waals surface area contributed by atoms with Crippen molar-refractivity contribution in [1.82, 2.24) is 15.5 Å². The highest BCUT2D eigenvalue weighted by molar-refractivity contribution is 5.79. The van der Waals surface area contributed by atoms with Gasteiger partial charge in [0.2, 0.25) is 0 Å². The molecule has 0 amide bonds. The van der Waals surface area contributed by atoms with Gasteiger partial charge in [0, 0.05) is 45.4 Å². The third-order valence-electron chi connectivity index (χ3n) is 4.21. The van der Waals surface area contributed by atoms with Crippen molar-refractivity contribution < 1.29 is 9.13 Å². The minimum atomic E-state index is -0.197. The molecule has 0 radical (unpaired) electrons. The first-order chi connectivity index (χ1) is 11.2. The lowest BCUT2D eigenvalue weighted by atomic mass is 10.2. The van der Waals surface area contributed by atoms with Gasteiger partial charge in [-0.15, -0.1) is 0 Å². The lowest BCUT2D eigenvalue weighted by molar-refractivity contribution is 0.141. The standard InChI is InChI=1S/C17H27FN4O/c1-19-17(20-12-14-6-3-4-8-16(14)18)21-13-15-7-5-9-22(15)10-11-23-2/h3-4,6,8,15H,5,7,9-13H2,1-2H3,(H2,19,20,21). The van der Waals surface area contributed by atoms with Gasteiger partial charge in [0.15, 0.2) is 5.96 Å². The van der Waals surface area contributed by atoms with Crippen LogP contribution in [0, 0.1) is 5.82 Å². The van der Waals surface area contributed by atoms with Crippen LogP contribution in [0.15, 0.2) is 29.3 Å². The number of halogens is 1. The number of nitrogens with zero attached hydrogens (tertiary/aromatic N) is 2. The van der Waals surface area contributed by atoms with Crippen LogP contribution in [0.25, 0.3) is 0 Å². The Hall–Kier alpha value is -1.66. The molecule has 1 aliphatic heterocycles. The number of rotatable bonds is 7. The molecule has 0 aliphatic carbocycles. The first kappa shape index (κ1) is 17.7. The number of likely N-dealkylation sites (tertiary alicyclic amines) is 1. The zero-order valence-corrected chi connectivity index (χ0v) is 14.0. The Morgan fingerprint density at radius 3 is 2.96 bits per heavy atom. The molecule has 2 N–H and O–H groups in total. The fourth-order valence-electron chi connectivity index (χ4n) is 2.89. The predicted molar refractivity (Wildman–Crippen MR) is 91.1 cm³/mol. The van der Waals surface area contributed by atoms with E-state index in [4.69, 9.17) is 4.74 Å². The van der Waals surface area contributed by atoms with Crippen LogP contribution in [-0.4, -0.2) is 57.3 Å². The smallest absolute Gasteiger partial charge is 0.191 e. The van der Waals surface area contributed by atoms with Crippen molar-refractivity contribution in [2.75, 3.05) is 40.4 Å². The summed E-state index contributed by atoms with van der Waals surface area (Å²) in [5.74, 6) is 0.504. The van der Waals surface area contributed by atoms with Gasteiger partial charge in [-0.3, -0.25) is 9.89 Å². The molecule has 1 aliphatic rings. The van der Waals surface area contributed by atoms with Crippen molar-refractivity contribution in [3.63, 3.8) is 0 Å². The second-order valence-corrected chi connectivity index (χ2v) is 5.72. The lowest BCUT2D eigenvalue weighted by Crippen LogP contribution is -2.45. The molecule has 5 nitrogen and oxygen atoms in total. The summed E-state index contributed by atoms with van der Waals surface area (Å²) in [4.78, 5) is 6.65. The topological polar surface area (TPSA) is 48.9 Å². The largest absolute Gasteiger partial charge is 0.383 e. The van der Waals surface area contributed by atoms with E-state index in [9.17, 15) is 4.39 Å². The van der Waals surface area contributed by atoms with Gasteiger partial charge in [-0.2, -0.15) is 0 Å². The van der Waals surface area contributed by atoms with E-state index in [0.717, 1.165) is 26.2 Å². The molecule has 1 saturated heterocycles. The molecule has 1 heterocycles. The Bertz CT molecular complexity index is 509. The number of hydrogen-bond acceptors (Lipinski definition) is 3. The monoisotopic (exact) mass is 322 g/mol. The summed E-state index contributed by atoms with van der Waals surface area (Å²) in [5, 5.41) is 6.51. The SMILES string of the molecule is CN=C(NCc1ccccc1F)NCC1CCCN1CCOC. The summed E-state index contributed by atoms with van der Waals surface area (Å²) in [6.07, 6.45) is 2.40. The van der Waals surface area contributed by atoms with Crippen molar-refractivity contribution in [1.29, 1.82) is 0 Å². The lowest BCUT2D eigenvalue weighted by Gasteiger charge is -2.25. The number of methoxy groups -OCH3 is 1. The predicted octanol–water partition coefficient (Wildman–Crippen LogP) is 1.60. The van der Waals surface area contributed by atoms with Crippen LogP contribution >= 0.6 is 0 Å². The molecule has 1 aromatic rings. The van der Waals surface area contributed by atoms with Gasteiger partial charge in [-0.25, -0.2) is 4.39 Å². The summed E-state index contributed by atoms with van der Waals surface area (Å²) in [7, 11) is 3.46. The molecule has 0 bridgehead atoms. The zero-order valence-electron chi connectivity index (χ0n) is 14.0. The van der Waals surface area contributed by atoms with E-state index in [1.54, 1.807) is 26.3 Å². The fraction of sp³-hybridized carbons (Fsp3) is 0.588. The van der Waals surface area contributed by atoms with E-state index in [0.29, 0.717) is 24.1 Å². The van der Waals surface area contributed by atoms with Crippen molar-refractivity contribution in [2.45, 2.75) is 25.4 Å². The Morgan fingerprint density at radius 2 is 2.22 bits per heavy atom. The molecule has 0 aromatic heterocycles. The van der Waals surface area contributed by atoms with E-state index >= 15 is 0 Å². The molecule has 1 aromatic carbocycles. The summed E-state index contributed by atoms with van der Waals surface area (Å²) >= 11 is 0. The highest BCUT2D eigenvalue weighted by Gasteiger charge is 2.23. The maximum absolute atomic E-state index is 13.6. The van der Waals surface area contributed by atoms with Gasteiger partial charge in [0.25, 0.3) is 0 Å². The van der Waals surface area contributed by atoms with Gasteiger partial charge in [0.1, 0.15) is 5.82 Å². The van der Waals surface area contributed by atoms with E-state index in [1.807, 2.05) is 6.07 Å². The molecule has 23 heavy (non-hydrogen) atoms. The Kier molecular flexibility index (Phi) is 7.29. The van der Waals surface area contributed by atoms with Crippen molar-refractivity contribution in [3.05, 3.63) is 35.6 Å². The molecular formula is C17H27FN4O. The number of ether oxygens (including phenoxy) is 1. The van der Waals surface area contributed by atoms with Gasteiger partial charge >= 0.3 is 0 Å². The van der Waals surface area contributed by atoms with Crippen LogP contribution in [-0.2, 0) is 11.3 Å². The van der Waals surface area contributed by atoms with Gasteiger partial charge in [0.05, 0.1) is 6.61 Å². The first-order valence-electron chi connectivity index (χ1n) is 8.15. The van der Waals surface area contributed by atoms with Gasteiger partial charge < -0.3 is 15.4 Å². The number of aliphatic imine (C=N–C) groups is 1. The maximum Gasteiger partial charge on any atom is 0.191 e. The van der Waals surface area contributed by atoms with Gasteiger partial charge in [-0.05, 0) is 25.5 Å². The molecule has 1 fully saturated rings. The number of guanidine groups is 1. The highest BCUT2D eigenvalue weighted by atomic mass is 19.1. The summed E-state index contributed by atoms with van der Waals surface area (Å²) in [5.41, 5.74) is 0.637. The first-order valence-corrected chi connectivity index (χ1v) is 8.15. The van der Waals surface area contributed by atoms with Crippen molar-refractivity contribution >= 4 is 5.96 Å². The highest BCUT2D eigenvalue weighted by Crippen LogP contribution is 2.15. The minimum absolute atomic E-state index is 0.197. The van der Waals surface area contributed by atoms with Gasteiger partial charge in [-0.1, -0.05) is 18.2 Å². The number of benzene rings is 1. The normalized spacial score (nSPS) is 19.1. The number of hydrogen-bond donors (Lipinski definition) is 2. The Labute approximate surface area is 137 Å².